The summed E-state index contributed by atoms with van der Waals surface area (Å²) in [5.41, 5.74) is 25.0. The van der Waals surface area contributed by atoms with E-state index in [0.29, 0.717) is 0 Å². The van der Waals surface area contributed by atoms with Crippen molar-refractivity contribution in [2.24, 2.45) is 0 Å². The molecule has 2 aromatic heterocycles. The minimum absolute atomic E-state index is 0.628. The molecule has 15 aromatic rings. The Labute approximate surface area is 468 Å². The Kier molecular flexibility index (Phi) is 9.08. The molecule has 81 heavy (non-hydrogen) atoms. The molecule has 0 bridgehead atoms. The molecular formula is C78H48N2O. The predicted octanol–water partition coefficient (Wildman–Crippen LogP) is 20.0. The van der Waals surface area contributed by atoms with Crippen molar-refractivity contribution < 1.29 is 4.42 Å². The molecule has 0 amide bonds. The van der Waals surface area contributed by atoms with E-state index in [4.69, 9.17) is 4.42 Å². The molecule has 1 aliphatic heterocycles. The van der Waals surface area contributed by atoms with E-state index in [1.807, 2.05) is 6.07 Å². The first-order chi connectivity index (χ1) is 40.2. The third kappa shape index (κ3) is 5.76. The molecule has 1 unspecified atom stereocenters. The third-order valence-electron chi connectivity index (χ3n) is 18.5. The SMILES string of the molecule is c1ccc(C2(c3ccccc3)c3ccccc3-c3c2cc(N(c2ccc(-c4ccc5oc6ccccc6c5c4)cc2)c2cccc4c2-c2ccccc2C42c4ccccc4-n4c5ccccc5c5cccc2c54)c2ccccc32)cc1. The van der Waals surface area contributed by atoms with Crippen LogP contribution in [0, 0.1) is 0 Å². The summed E-state index contributed by atoms with van der Waals surface area (Å²) in [7, 11) is 0. The molecule has 3 aliphatic rings. The Morgan fingerprint density at radius 1 is 0.309 bits per heavy atom. The van der Waals surface area contributed by atoms with Gasteiger partial charge >= 0.3 is 0 Å². The molecule has 0 saturated heterocycles. The van der Waals surface area contributed by atoms with Crippen molar-refractivity contribution in [3.05, 3.63) is 336 Å². The molecule has 0 radical (unpaired) electrons. The maximum absolute atomic E-state index is 6.31. The van der Waals surface area contributed by atoms with Crippen LogP contribution in [0.2, 0.25) is 0 Å². The van der Waals surface area contributed by atoms with Crippen LogP contribution in [0.5, 0.6) is 0 Å². The lowest BCUT2D eigenvalue weighted by molar-refractivity contribution is 0.669. The summed E-state index contributed by atoms with van der Waals surface area (Å²) in [6, 6.07) is 109. The van der Waals surface area contributed by atoms with Crippen molar-refractivity contribution in [3.8, 4) is 39.1 Å². The lowest BCUT2D eigenvalue weighted by Crippen LogP contribution is -2.33. The Hall–Kier alpha value is -10.5. The van der Waals surface area contributed by atoms with E-state index in [9.17, 15) is 0 Å². The fraction of sp³-hybridized carbons (Fsp3) is 0.0256. The fourth-order valence-electron chi connectivity index (χ4n) is 15.4. The highest BCUT2D eigenvalue weighted by Gasteiger charge is 2.52. The van der Waals surface area contributed by atoms with E-state index in [1.165, 1.54) is 105 Å². The number of rotatable bonds is 6. The number of nitrogens with zero attached hydrogens (tertiary/aromatic N) is 2. The van der Waals surface area contributed by atoms with Gasteiger partial charge in [0, 0.05) is 38.2 Å². The van der Waals surface area contributed by atoms with Crippen LogP contribution in [0.3, 0.4) is 0 Å². The van der Waals surface area contributed by atoms with Crippen molar-refractivity contribution in [2.75, 3.05) is 4.90 Å². The number of anilines is 3. The molecule has 13 aromatic carbocycles. The molecule has 1 atom stereocenters. The van der Waals surface area contributed by atoms with Gasteiger partial charge < -0.3 is 13.9 Å². The minimum Gasteiger partial charge on any atom is -0.456 e. The molecule has 0 N–H and O–H groups in total. The summed E-state index contributed by atoms with van der Waals surface area (Å²) in [6.07, 6.45) is 0. The van der Waals surface area contributed by atoms with Crippen LogP contribution in [-0.2, 0) is 10.8 Å². The van der Waals surface area contributed by atoms with E-state index in [2.05, 4.69) is 295 Å². The Morgan fingerprint density at radius 2 is 0.864 bits per heavy atom. The van der Waals surface area contributed by atoms with Crippen molar-refractivity contribution in [1.29, 1.82) is 0 Å². The lowest BCUT2D eigenvalue weighted by Gasteiger charge is -2.40. The molecule has 376 valence electrons. The van der Waals surface area contributed by atoms with Crippen LogP contribution in [-0.4, -0.2) is 4.57 Å². The molecule has 18 rings (SSSR count). The molecular weight excluding hydrogens is 981 g/mol. The van der Waals surface area contributed by atoms with E-state index in [0.717, 1.165) is 50.1 Å². The van der Waals surface area contributed by atoms with E-state index >= 15 is 0 Å². The number of hydrogen-bond acceptors (Lipinski definition) is 2. The number of fused-ring (bicyclic) bond motifs is 20. The number of benzene rings is 13. The van der Waals surface area contributed by atoms with Gasteiger partial charge in [-0.05, 0) is 132 Å². The smallest absolute Gasteiger partial charge is 0.135 e. The molecule has 1 spiro atoms. The summed E-state index contributed by atoms with van der Waals surface area (Å²) < 4.78 is 8.85. The topological polar surface area (TPSA) is 21.3 Å². The first-order valence-corrected chi connectivity index (χ1v) is 28.2. The minimum atomic E-state index is -0.634. The lowest BCUT2D eigenvalue weighted by atomic mass is 9.65. The quantitative estimate of drug-likeness (QED) is 0.166. The second kappa shape index (κ2) is 16.5. The molecule has 3 nitrogen and oxygen atoms in total. The van der Waals surface area contributed by atoms with Crippen molar-refractivity contribution in [3.63, 3.8) is 0 Å². The number of furan rings is 1. The zero-order valence-corrected chi connectivity index (χ0v) is 44.0. The molecule has 3 heteroatoms. The molecule has 2 aliphatic carbocycles. The first-order valence-electron chi connectivity index (χ1n) is 28.2. The van der Waals surface area contributed by atoms with Gasteiger partial charge in [0.2, 0.25) is 0 Å². The summed E-state index contributed by atoms with van der Waals surface area (Å²) in [5, 5.41) is 7.18. The van der Waals surface area contributed by atoms with Gasteiger partial charge in [-0.25, -0.2) is 0 Å². The summed E-state index contributed by atoms with van der Waals surface area (Å²) in [5.74, 6) is 0. The molecule has 3 heterocycles. The van der Waals surface area contributed by atoms with E-state index < -0.39 is 10.8 Å². The molecule has 0 fully saturated rings. The number of aromatic nitrogens is 1. The number of para-hydroxylation sites is 4. The highest BCUT2D eigenvalue weighted by atomic mass is 16.3. The van der Waals surface area contributed by atoms with Gasteiger partial charge in [-0.2, -0.15) is 0 Å². The number of hydrogen-bond donors (Lipinski definition) is 0. The fourth-order valence-corrected chi connectivity index (χ4v) is 15.4. The average Bonchev–Trinajstić information content (AvgIpc) is 4.27. The second-order valence-electron chi connectivity index (χ2n) is 22.1. The van der Waals surface area contributed by atoms with Crippen molar-refractivity contribution in [1.82, 2.24) is 4.57 Å². The van der Waals surface area contributed by atoms with Crippen LogP contribution in [0.25, 0.3) is 93.6 Å². The Balaban J connectivity index is 0.950. The predicted molar refractivity (Wildman–Crippen MR) is 334 cm³/mol. The van der Waals surface area contributed by atoms with Crippen LogP contribution in [0.4, 0.5) is 17.1 Å². The summed E-state index contributed by atoms with van der Waals surface area (Å²) in [4.78, 5) is 2.60. The Morgan fingerprint density at radius 3 is 1.64 bits per heavy atom. The van der Waals surface area contributed by atoms with Gasteiger partial charge in [0.05, 0.1) is 38.9 Å². The standard InChI is InChI=1S/C78H48N2O/c1-3-21-51(22-4-1)77(52-23-5-2-6-24-52)62-32-13-9-29-59(62)74-57-28-8-7-25-54(57)71(48-67(74)77)79(53-44-41-49(42-45-53)50-43-46-73-61(47-50)56-27-12-18-40-72(56)81-73)70-39-20-35-65-75(70)60-30-10-14-33-63(60)78(65)64-34-15-17-38-69(64)80-68-37-16-11-26-55(68)58-31-19-36-66(78)76(58)80/h1-48H. The van der Waals surface area contributed by atoms with Crippen molar-refractivity contribution in [2.45, 2.75) is 10.8 Å². The first kappa shape index (κ1) is 44.5. The van der Waals surface area contributed by atoms with Gasteiger partial charge in [0.15, 0.2) is 0 Å². The zero-order chi connectivity index (χ0) is 53.0. The highest BCUT2D eigenvalue weighted by Crippen LogP contribution is 2.65. The van der Waals surface area contributed by atoms with E-state index in [-0.39, 0.29) is 0 Å². The van der Waals surface area contributed by atoms with Crippen LogP contribution in [0.1, 0.15) is 44.5 Å². The maximum Gasteiger partial charge on any atom is 0.135 e. The normalized spacial score (nSPS) is 15.1. The van der Waals surface area contributed by atoms with Gasteiger partial charge in [0.1, 0.15) is 11.2 Å². The van der Waals surface area contributed by atoms with Crippen LogP contribution >= 0.6 is 0 Å². The zero-order valence-electron chi connectivity index (χ0n) is 44.0. The summed E-state index contributed by atoms with van der Waals surface area (Å²) in [6.45, 7) is 0. The highest BCUT2D eigenvalue weighted by molar-refractivity contribution is 6.15. The monoisotopic (exact) mass is 1030 g/mol. The summed E-state index contributed by atoms with van der Waals surface area (Å²) >= 11 is 0. The average molecular weight is 1030 g/mol. The third-order valence-corrected chi connectivity index (χ3v) is 18.5. The van der Waals surface area contributed by atoms with Crippen LogP contribution in [0.15, 0.2) is 296 Å². The van der Waals surface area contributed by atoms with Crippen molar-refractivity contribution >= 4 is 71.6 Å². The van der Waals surface area contributed by atoms with E-state index in [1.54, 1.807) is 0 Å². The van der Waals surface area contributed by atoms with Crippen LogP contribution < -0.4 is 4.90 Å². The Bertz CT molecular complexity index is 5080. The second-order valence-corrected chi connectivity index (χ2v) is 22.1. The van der Waals surface area contributed by atoms with Gasteiger partial charge in [-0.15, -0.1) is 0 Å². The van der Waals surface area contributed by atoms with Gasteiger partial charge in [-0.3, -0.25) is 0 Å². The maximum atomic E-state index is 6.31. The van der Waals surface area contributed by atoms with Gasteiger partial charge in [-0.1, -0.05) is 237 Å². The molecule has 0 saturated carbocycles. The van der Waals surface area contributed by atoms with Gasteiger partial charge in [0.25, 0.3) is 0 Å². The largest absolute Gasteiger partial charge is 0.456 e.